The first-order valence-electron chi connectivity index (χ1n) is 9.14. The molecule has 1 aliphatic heterocycles. The summed E-state index contributed by atoms with van der Waals surface area (Å²) < 4.78 is 0. The van der Waals surface area contributed by atoms with E-state index < -0.39 is 0 Å². The first-order valence-corrected chi connectivity index (χ1v) is 9.51. The van der Waals surface area contributed by atoms with Gasteiger partial charge in [-0.3, -0.25) is 9.59 Å². The van der Waals surface area contributed by atoms with Gasteiger partial charge in [0.05, 0.1) is 0 Å². The molecule has 2 aliphatic rings. The van der Waals surface area contributed by atoms with Crippen LogP contribution in [0.15, 0.2) is 24.3 Å². The van der Waals surface area contributed by atoms with Gasteiger partial charge in [-0.25, -0.2) is 0 Å². The predicted molar refractivity (Wildman–Crippen MR) is 106 cm³/mol. The fourth-order valence-electron chi connectivity index (χ4n) is 3.86. The molecule has 7 heteroatoms. The van der Waals surface area contributed by atoms with Crippen LogP contribution >= 0.6 is 24.0 Å². The molecule has 2 N–H and O–H groups in total. The quantitative estimate of drug-likeness (QED) is 0.830. The van der Waals surface area contributed by atoms with Crippen LogP contribution in [0.1, 0.15) is 42.5 Å². The van der Waals surface area contributed by atoms with Gasteiger partial charge in [-0.2, -0.15) is 0 Å². The summed E-state index contributed by atoms with van der Waals surface area (Å²) in [7, 11) is 0. The minimum absolute atomic E-state index is 0. The third kappa shape index (κ3) is 5.12. The zero-order chi connectivity index (χ0) is 17.8. The van der Waals surface area contributed by atoms with Gasteiger partial charge in [0.25, 0.3) is 5.91 Å². The second-order valence-corrected chi connectivity index (χ2v) is 7.54. The second kappa shape index (κ2) is 9.58. The highest BCUT2D eigenvalue weighted by atomic mass is 35.5. The van der Waals surface area contributed by atoms with Crippen molar-refractivity contribution in [1.29, 1.82) is 0 Å². The molecular formula is C19H27Cl2N3O2. The van der Waals surface area contributed by atoms with E-state index >= 15 is 0 Å². The summed E-state index contributed by atoms with van der Waals surface area (Å²) in [6, 6.07) is 7.17. The largest absolute Gasteiger partial charge is 0.341 e. The van der Waals surface area contributed by atoms with Crippen molar-refractivity contribution in [3.63, 3.8) is 0 Å². The van der Waals surface area contributed by atoms with Gasteiger partial charge in [0.15, 0.2) is 0 Å². The van der Waals surface area contributed by atoms with E-state index in [0.717, 1.165) is 32.1 Å². The lowest BCUT2D eigenvalue weighted by atomic mass is 9.85. The van der Waals surface area contributed by atoms with Gasteiger partial charge >= 0.3 is 0 Å². The standard InChI is InChI=1S/C19H26ClN3O2.ClH/c20-16-6-1-4-14(12-16)18(24)22-8-3-9-23(11-10-22)19(25)15-5-2-7-17(21)13-15;/h1,4,6,12,15,17H,2-3,5,7-11,13,21H2;1H. The Morgan fingerprint density at radius 3 is 2.50 bits per heavy atom. The van der Waals surface area contributed by atoms with Gasteiger partial charge < -0.3 is 15.5 Å². The molecule has 2 fully saturated rings. The zero-order valence-electron chi connectivity index (χ0n) is 14.9. The highest BCUT2D eigenvalue weighted by molar-refractivity contribution is 6.30. The molecule has 0 radical (unpaired) electrons. The molecule has 5 nitrogen and oxygen atoms in total. The minimum atomic E-state index is -0.0171. The summed E-state index contributed by atoms with van der Waals surface area (Å²) in [4.78, 5) is 29.2. The summed E-state index contributed by atoms with van der Waals surface area (Å²) in [6.45, 7) is 2.54. The molecule has 0 bridgehead atoms. The van der Waals surface area contributed by atoms with E-state index in [9.17, 15) is 9.59 Å². The van der Waals surface area contributed by atoms with Crippen LogP contribution in [0, 0.1) is 5.92 Å². The van der Waals surface area contributed by atoms with Gasteiger partial charge in [0.1, 0.15) is 0 Å². The van der Waals surface area contributed by atoms with Gasteiger partial charge in [-0.05, 0) is 43.9 Å². The summed E-state index contributed by atoms with van der Waals surface area (Å²) in [6.07, 6.45) is 4.59. The number of rotatable bonds is 2. The van der Waals surface area contributed by atoms with Crippen LogP contribution in [-0.2, 0) is 4.79 Å². The zero-order valence-corrected chi connectivity index (χ0v) is 16.5. The molecule has 1 aromatic rings. The van der Waals surface area contributed by atoms with Gasteiger partial charge in [0, 0.05) is 48.7 Å². The monoisotopic (exact) mass is 399 g/mol. The molecular weight excluding hydrogens is 373 g/mol. The van der Waals surface area contributed by atoms with Crippen molar-refractivity contribution in [2.24, 2.45) is 11.7 Å². The Hall–Kier alpha value is -1.30. The van der Waals surface area contributed by atoms with Crippen molar-refractivity contribution in [2.45, 2.75) is 38.1 Å². The first-order chi connectivity index (χ1) is 12.0. The molecule has 26 heavy (non-hydrogen) atoms. The molecule has 3 rings (SSSR count). The number of amides is 2. The molecule has 0 aromatic heterocycles. The average Bonchev–Trinajstić information content (AvgIpc) is 2.86. The number of halogens is 2. The van der Waals surface area contributed by atoms with Gasteiger partial charge in [-0.15, -0.1) is 12.4 Å². The number of nitrogens with zero attached hydrogens (tertiary/aromatic N) is 2. The third-order valence-electron chi connectivity index (χ3n) is 5.23. The molecule has 2 amide bonds. The highest BCUT2D eigenvalue weighted by Gasteiger charge is 2.30. The fourth-order valence-corrected chi connectivity index (χ4v) is 4.05. The summed E-state index contributed by atoms with van der Waals surface area (Å²) in [5.41, 5.74) is 6.63. The molecule has 1 heterocycles. The number of hydrogen-bond acceptors (Lipinski definition) is 3. The maximum absolute atomic E-state index is 12.8. The lowest BCUT2D eigenvalue weighted by molar-refractivity contribution is -0.136. The van der Waals surface area contributed by atoms with Crippen molar-refractivity contribution in [1.82, 2.24) is 9.80 Å². The van der Waals surface area contributed by atoms with Crippen LogP contribution in [0.25, 0.3) is 0 Å². The van der Waals surface area contributed by atoms with Crippen LogP contribution in [0.3, 0.4) is 0 Å². The van der Waals surface area contributed by atoms with Crippen LogP contribution in [-0.4, -0.2) is 53.8 Å². The van der Waals surface area contributed by atoms with E-state index in [1.165, 1.54) is 0 Å². The summed E-state index contributed by atoms with van der Waals surface area (Å²) >= 11 is 5.99. The number of hydrogen-bond donors (Lipinski definition) is 1. The maximum Gasteiger partial charge on any atom is 0.253 e. The van der Waals surface area contributed by atoms with E-state index in [-0.39, 0.29) is 36.2 Å². The Morgan fingerprint density at radius 2 is 1.77 bits per heavy atom. The predicted octanol–water partition coefficient (Wildman–Crippen LogP) is 2.95. The first kappa shape index (κ1) is 21.0. The Bertz CT molecular complexity index is 641. The van der Waals surface area contributed by atoms with Crippen LogP contribution in [0.4, 0.5) is 0 Å². The van der Waals surface area contributed by atoms with Crippen molar-refractivity contribution in [3.8, 4) is 0 Å². The molecule has 1 saturated carbocycles. The van der Waals surface area contributed by atoms with Crippen LogP contribution in [0.2, 0.25) is 5.02 Å². The Kier molecular flexibility index (Phi) is 7.74. The van der Waals surface area contributed by atoms with Crippen molar-refractivity contribution in [3.05, 3.63) is 34.9 Å². The number of carbonyl (C=O) groups is 2. The van der Waals surface area contributed by atoms with E-state index in [2.05, 4.69) is 0 Å². The maximum atomic E-state index is 12.8. The molecule has 0 spiro atoms. The Morgan fingerprint density at radius 1 is 1.04 bits per heavy atom. The van der Waals surface area contributed by atoms with E-state index in [1.807, 2.05) is 9.80 Å². The smallest absolute Gasteiger partial charge is 0.253 e. The number of benzene rings is 1. The second-order valence-electron chi connectivity index (χ2n) is 7.10. The molecule has 1 aliphatic carbocycles. The number of nitrogens with two attached hydrogens (primary N) is 1. The van der Waals surface area contributed by atoms with E-state index in [1.54, 1.807) is 24.3 Å². The van der Waals surface area contributed by atoms with Crippen LogP contribution in [0.5, 0.6) is 0 Å². The topological polar surface area (TPSA) is 66.6 Å². The highest BCUT2D eigenvalue weighted by Crippen LogP contribution is 2.25. The number of carbonyl (C=O) groups excluding carboxylic acids is 2. The SMILES string of the molecule is Cl.NC1CCCC(C(=O)N2CCCN(C(=O)c3cccc(Cl)c3)CC2)C1. The molecule has 1 saturated heterocycles. The Labute approximate surface area is 166 Å². The fraction of sp³-hybridized carbons (Fsp3) is 0.579. The van der Waals surface area contributed by atoms with Gasteiger partial charge in [-0.1, -0.05) is 24.1 Å². The van der Waals surface area contributed by atoms with Gasteiger partial charge in [0.2, 0.25) is 5.91 Å². The lowest BCUT2D eigenvalue weighted by Gasteiger charge is -2.30. The summed E-state index contributed by atoms with van der Waals surface area (Å²) in [5, 5.41) is 0.561. The molecule has 144 valence electrons. The minimum Gasteiger partial charge on any atom is -0.341 e. The van der Waals surface area contributed by atoms with Crippen molar-refractivity contribution < 1.29 is 9.59 Å². The lowest BCUT2D eigenvalue weighted by Crippen LogP contribution is -2.42. The molecule has 2 atom stereocenters. The average molecular weight is 400 g/mol. The Balaban J connectivity index is 0.00000243. The molecule has 2 unspecified atom stereocenters. The summed E-state index contributed by atoms with van der Waals surface area (Å²) in [5.74, 6) is 0.252. The van der Waals surface area contributed by atoms with Crippen LogP contribution < -0.4 is 5.73 Å². The normalized spacial score (nSPS) is 23.8. The van der Waals surface area contributed by atoms with E-state index in [0.29, 0.717) is 36.8 Å². The molecule has 1 aromatic carbocycles. The third-order valence-corrected chi connectivity index (χ3v) is 5.47. The van der Waals surface area contributed by atoms with Crippen molar-refractivity contribution >= 4 is 35.8 Å². The van der Waals surface area contributed by atoms with Crippen molar-refractivity contribution in [2.75, 3.05) is 26.2 Å². The van der Waals surface area contributed by atoms with E-state index in [4.69, 9.17) is 17.3 Å².